The molecule has 0 saturated heterocycles. The SMILES string of the molecule is NC(=O)C1CCC(NC(=O)c2c(F)ccc(N)c2F)CC1. The first-order valence-electron chi connectivity index (χ1n) is 6.73. The lowest BCUT2D eigenvalue weighted by atomic mass is 9.85. The minimum Gasteiger partial charge on any atom is -0.396 e. The van der Waals surface area contributed by atoms with Crippen molar-refractivity contribution in [1.29, 1.82) is 0 Å². The molecule has 5 nitrogen and oxygen atoms in total. The average Bonchev–Trinajstić information content (AvgIpc) is 2.44. The lowest BCUT2D eigenvalue weighted by Crippen LogP contribution is -2.40. The van der Waals surface area contributed by atoms with Crippen molar-refractivity contribution in [3.63, 3.8) is 0 Å². The van der Waals surface area contributed by atoms with E-state index < -0.39 is 23.1 Å². The number of hydrogen-bond donors (Lipinski definition) is 3. The van der Waals surface area contributed by atoms with Crippen LogP contribution in [0.1, 0.15) is 36.0 Å². The van der Waals surface area contributed by atoms with Gasteiger partial charge >= 0.3 is 0 Å². The molecule has 1 aromatic carbocycles. The summed E-state index contributed by atoms with van der Waals surface area (Å²) in [7, 11) is 0. The van der Waals surface area contributed by atoms with E-state index in [9.17, 15) is 18.4 Å². The lowest BCUT2D eigenvalue weighted by molar-refractivity contribution is -0.122. The highest BCUT2D eigenvalue weighted by Crippen LogP contribution is 2.25. The molecule has 1 saturated carbocycles. The molecule has 0 atom stereocenters. The lowest BCUT2D eigenvalue weighted by Gasteiger charge is -2.27. The fraction of sp³-hybridized carbons (Fsp3) is 0.429. The molecule has 1 aliphatic carbocycles. The molecule has 0 heterocycles. The molecule has 1 aromatic rings. The van der Waals surface area contributed by atoms with Crippen molar-refractivity contribution in [3.8, 4) is 0 Å². The van der Waals surface area contributed by atoms with Gasteiger partial charge in [-0.15, -0.1) is 0 Å². The summed E-state index contributed by atoms with van der Waals surface area (Å²) in [6, 6.07) is 1.80. The van der Waals surface area contributed by atoms with Gasteiger partial charge in [-0.2, -0.15) is 0 Å². The van der Waals surface area contributed by atoms with Gasteiger partial charge in [-0.1, -0.05) is 0 Å². The third kappa shape index (κ3) is 3.29. The third-order valence-corrected chi connectivity index (χ3v) is 3.81. The molecule has 2 amide bonds. The Morgan fingerprint density at radius 1 is 1.14 bits per heavy atom. The van der Waals surface area contributed by atoms with Crippen LogP contribution in [0.4, 0.5) is 14.5 Å². The van der Waals surface area contributed by atoms with Crippen LogP contribution in [0.5, 0.6) is 0 Å². The van der Waals surface area contributed by atoms with E-state index >= 15 is 0 Å². The average molecular weight is 297 g/mol. The second-order valence-corrected chi connectivity index (χ2v) is 5.25. The van der Waals surface area contributed by atoms with Crippen molar-refractivity contribution >= 4 is 17.5 Å². The first-order valence-corrected chi connectivity index (χ1v) is 6.73. The van der Waals surface area contributed by atoms with Gasteiger partial charge in [0.25, 0.3) is 5.91 Å². The van der Waals surface area contributed by atoms with E-state index in [2.05, 4.69) is 5.32 Å². The molecule has 2 rings (SSSR count). The Hall–Kier alpha value is -2.18. The molecule has 0 aliphatic heterocycles. The van der Waals surface area contributed by atoms with Crippen molar-refractivity contribution in [1.82, 2.24) is 5.32 Å². The minimum atomic E-state index is -1.06. The van der Waals surface area contributed by atoms with Gasteiger partial charge in [0.05, 0.1) is 5.69 Å². The van der Waals surface area contributed by atoms with Gasteiger partial charge in [-0.25, -0.2) is 8.78 Å². The smallest absolute Gasteiger partial charge is 0.257 e. The maximum atomic E-state index is 13.7. The number of halogens is 2. The van der Waals surface area contributed by atoms with Gasteiger partial charge in [0.15, 0.2) is 5.82 Å². The molecular formula is C14H17F2N3O2. The number of nitrogen functional groups attached to an aromatic ring is 1. The quantitative estimate of drug-likeness (QED) is 0.734. The van der Waals surface area contributed by atoms with Gasteiger partial charge in [-0.3, -0.25) is 9.59 Å². The van der Waals surface area contributed by atoms with Crippen LogP contribution in [0.2, 0.25) is 0 Å². The van der Waals surface area contributed by atoms with Crippen LogP contribution in [-0.4, -0.2) is 17.9 Å². The van der Waals surface area contributed by atoms with Crippen LogP contribution >= 0.6 is 0 Å². The Morgan fingerprint density at radius 3 is 2.33 bits per heavy atom. The van der Waals surface area contributed by atoms with Crippen LogP contribution in [0.15, 0.2) is 12.1 Å². The Bertz CT molecular complexity index is 570. The van der Waals surface area contributed by atoms with Gasteiger partial charge in [-0.05, 0) is 37.8 Å². The van der Waals surface area contributed by atoms with Crippen molar-refractivity contribution in [3.05, 3.63) is 29.3 Å². The first kappa shape index (κ1) is 15.2. The summed E-state index contributed by atoms with van der Waals surface area (Å²) in [5, 5.41) is 2.58. The fourth-order valence-corrected chi connectivity index (χ4v) is 2.56. The number of rotatable bonds is 3. The summed E-state index contributed by atoms with van der Waals surface area (Å²) in [5.41, 5.74) is 9.61. The molecule has 7 heteroatoms. The maximum absolute atomic E-state index is 13.7. The maximum Gasteiger partial charge on any atom is 0.257 e. The number of carbonyl (C=O) groups excluding carboxylic acids is 2. The number of amides is 2. The Balaban J connectivity index is 2.03. The molecule has 0 unspecified atom stereocenters. The highest BCUT2D eigenvalue weighted by Gasteiger charge is 2.27. The van der Waals surface area contributed by atoms with E-state index in [1.54, 1.807) is 0 Å². The zero-order chi connectivity index (χ0) is 15.6. The predicted molar refractivity (Wildman–Crippen MR) is 73.2 cm³/mol. The molecule has 0 spiro atoms. The Labute approximate surface area is 120 Å². The first-order chi connectivity index (χ1) is 9.90. The summed E-state index contributed by atoms with van der Waals surface area (Å²) >= 11 is 0. The van der Waals surface area contributed by atoms with Crippen LogP contribution in [-0.2, 0) is 4.79 Å². The monoisotopic (exact) mass is 297 g/mol. The van der Waals surface area contributed by atoms with Gasteiger partial charge in [0, 0.05) is 12.0 Å². The molecule has 114 valence electrons. The Morgan fingerprint density at radius 2 is 1.76 bits per heavy atom. The molecule has 5 N–H and O–H groups in total. The largest absolute Gasteiger partial charge is 0.396 e. The van der Waals surface area contributed by atoms with E-state index in [0.29, 0.717) is 25.7 Å². The number of primary amides is 1. The van der Waals surface area contributed by atoms with Gasteiger partial charge in [0.2, 0.25) is 5.91 Å². The predicted octanol–water partition coefficient (Wildman–Crippen LogP) is 1.32. The summed E-state index contributed by atoms with van der Waals surface area (Å²) < 4.78 is 27.3. The normalized spacial score (nSPS) is 21.8. The summed E-state index contributed by atoms with van der Waals surface area (Å²) in [5.74, 6) is -3.39. The Kier molecular flexibility index (Phi) is 4.40. The number of anilines is 1. The van der Waals surface area contributed by atoms with E-state index in [4.69, 9.17) is 11.5 Å². The highest BCUT2D eigenvalue weighted by molar-refractivity contribution is 5.95. The van der Waals surface area contributed by atoms with E-state index in [1.807, 2.05) is 0 Å². The van der Waals surface area contributed by atoms with Crippen molar-refractivity contribution in [2.45, 2.75) is 31.7 Å². The topological polar surface area (TPSA) is 98.2 Å². The minimum absolute atomic E-state index is 0.195. The molecule has 0 aromatic heterocycles. The molecule has 0 bridgehead atoms. The van der Waals surface area contributed by atoms with Crippen LogP contribution in [0.3, 0.4) is 0 Å². The molecule has 0 radical (unpaired) electrons. The van der Waals surface area contributed by atoms with E-state index in [0.717, 1.165) is 12.1 Å². The second kappa shape index (κ2) is 6.07. The highest BCUT2D eigenvalue weighted by atomic mass is 19.1. The summed E-state index contributed by atoms with van der Waals surface area (Å²) in [6.07, 6.45) is 2.21. The van der Waals surface area contributed by atoms with Crippen LogP contribution < -0.4 is 16.8 Å². The third-order valence-electron chi connectivity index (χ3n) is 3.81. The number of nitrogens with one attached hydrogen (secondary N) is 1. The van der Waals surface area contributed by atoms with Crippen LogP contribution in [0, 0.1) is 17.6 Å². The zero-order valence-corrected chi connectivity index (χ0v) is 11.4. The summed E-state index contributed by atoms with van der Waals surface area (Å²) in [4.78, 5) is 23.0. The fourth-order valence-electron chi connectivity index (χ4n) is 2.56. The molecule has 21 heavy (non-hydrogen) atoms. The second-order valence-electron chi connectivity index (χ2n) is 5.25. The van der Waals surface area contributed by atoms with Crippen molar-refractivity contribution in [2.75, 3.05) is 5.73 Å². The van der Waals surface area contributed by atoms with Gasteiger partial charge in [0.1, 0.15) is 11.4 Å². The van der Waals surface area contributed by atoms with Crippen molar-refractivity contribution < 1.29 is 18.4 Å². The number of nitrogens with two attached hydrogens (primary N) is 2. The van der Waals surface area contributed by atoms with Gasteiger partial charge < -0.3 is 16.8 Å². The van der Waals surface area contributed by atoms with Crippen molar-refractivity contribution in [2.24, 2.45) is 11.7 Å². The molecule has 1 aliphatic rings. The summed E-state index contributed by atoms with van der Waals surface area (Å²) in [6.45, 7) is 0. The van der Waals surface area contributed by atoms with E-state index in [1.165, 1.54) is 0 Å². The number of carbonyl (C=O) groups is 2. The number of hydrogen-bond acceptors (Lipinski definition) is 3. The molecular weight excluding hydrogens is 280 g/mol. The van der Waals surface area contributed by atoms with E-state index in [-0.39, 0.29) is 23.6 Å². The number of benzene rings is 1. The molecule has 1 fully saturated rings. The standard InChI is InChI=1S/C14H17F2N3O2/c15-9-5-6-10(17)12(16)11(9)14(21)19-8-3-1-7(2-4-8)13(18)20/h5-8H,1-4,17H2,(H2,18,20)(H,19,21). The van der Waals surface area contributed by atoms with Crippen LogP contribution in [0.25, 0.3) is 0 Å². The zero-order valence-electron chi connectivity index (χ0n) is 11.4.